The van der Waals surface area contributed by atoms with Crippen LogP contribution < -0.4 is 0 Å². The minimum absolute atomic E-state index is 0.213. The van der Waals surface area contributed by atoms with Crippen LogP contribution in [0.2, 0.25) is 0 Å². The molecule has 0 atom stereocenters. The second-order valence-corrected chi connectivity index (χ2v) is 4.15. The summed E-state index contributed by atoms with van der Waals surface area (Å²) >= 11 is 3.34. The van der Waals surface area contributed by atoms with Gasteiger partial charge in [-0.2, -0.15) is 0 Å². The Balaban J connectivity index is 2.55. The molecule has 1 N–H and O–H groups in total. The van der Waals surface area contributed by atoms with E-state index < -0.39 is 5.97 Å². The van der Waals surface area contributed by atoms with Gasteiger partial charge in [-0.1, -0.05) is 28.1 Å². The van der Waals surface area contributed by atoms with Crippen molar-refractivity contribution in [3.63, 3.8) is 0 Å². The fourth-order valence-corrected chi connectivity index (χ4v) is 1.71. The largest absolute Gasteiger partial charge is 0.478 e. The molecule has 0 aliphatic carbocycles. The quantitative estimate of drug-likeness (QED) is 0.917. The van der Waals surface area contributed by atoms with Crippen LogP contribution in [0.5, 0.6) is 0 Å². The Hall–Kier alpha value is -1.68. The maximum Gasteiger partial charge on any atom is 0.337 e. The van der Waals surface area contributed by atoms with Crippen molar-refractivity contribution in [2.75, 3.05) is 0 Å². The third-order valence-corrected chi connectivity index (χ3v) is 2.74. The van der Waals surface area contributed by atoms with E-state index >= 15 is 0 Å². The van der Waals surface area contributed by atoms with Gasteiger partial charge in [-0.25, -0.2) is 4.79 Å². The molecule has 1 aromatic carbocycles. The lowest BCUT2D eigenvalue weighted by molar-refractivity contribution is 0.0697. The van der Waals surface area contributed by atoms with Gasteiger partial charge in [0.25, 0.3) is 0 Å². The minimum Gasteiger partial charge on any atom is -0.478 e. The van der Waals surface area contributed by atoms with Gasteiger partial charge in [0.15, 0.2) is 0 Å². The molecule has 2 aromatic rings. The first kappa shape index (κ1) is 10.8. The molecule has 0 spiro atoms. The lowest BCUT2D eigenvalue weighted by Crippen LogP contribution is -1.99. The van der Waals surface area contributed by atoms with Crippen molar-refractivity contribution >= 4 is 21.9 Å². The molecule has 2 rings (SSSR count). The minimum atomic E-state index is -0.967. The Morgan fingerprint density at radius 1 is 1.19 bits per heavy atom. The third kappa shape index (κ3) is 2.12. The van der Waals surface area contributed by atoms with Crippen LogP contribution in [0.25, 0.3) is 11.1 Å². The number of benzene rings is 1. The maximum absolute atomic E-state index is 11.0. The zero-order valence-corrected chi connectivity index (χ0v) is 9.81. The predicted octanol–water partition coefficient (Wildman–Crippen LogP) is 3.21. The first-order chi connectivity index (χ1) is 7.68. The van der Waals surface area contributed by atoms with Crippen LogP contribution in [0.3, 0.4) is 0 Å². The van der Waals surface area contributed by atoms with E-state index in [4.69, 9.17) is 5.11 Å². The summed E-state index contributed by atoms with van der Waals surface area (Å²) in [6.07, 6.45) is 2.95. The zero-order chi connectivity index (χ0) is 11.5. The summed E-state index contributed by atoms with van der Waals surface area (Å²) in [7, 11) is 0. The van der Waals surface area contributed by atoms with E-state index in [1.807, 2.05) is 24.3 Å². The molecule has 0 saturated heterocycles. The normalized spacial score (nSPS) is 10.1. The molecule has 0 radical (unpaired) electrons. The van der Waals surface area contributed by atoms with Gasteiger partial charge < -0.3 is 5.11 Å². The van der Waals surface area contributed by atoms with Gasteiger partial charge in [-0.05, 0) is 29.3 Å². The second-order valence-electron chi connectivity index (χ2n) is 3.23. The Kier molecular flexibility index (Phi) is 3.01. The van der Waals surface area contributed by atoms with Crippen molar-refractivity contribution in [2.24, 2.45) is 0 Å². The van der Waals surface area contributed by atoms with Gasteiger partial charge in [0, 0.05) is 16.9 Å². The van der Waals surface area contributed by atoms with E-state index in [0.29, 0.717) is 5.56 Å². The SMILES string of the molecule is O=C(O)c1cnccc1-c1ccc(Br)cc1. The summed E-state index contributed by atoms with van der Waals surface area (Å²) in [4.78, 5) is 14.8. The van der Waals surface area contributed by atoms with Crippen LogP contribution in [-0.4, -0.2) is 16.1 Å². The van der Waals surface area contributed by atoms with Crippen LogP contribution in [0, 0.1) is 0 Å². The van der Waals surface area contributed by atoms with Crippen LogP contribution in [0.4, 0.5) is 0 Å². The molecule has 80 valence electrons. The highest BCUT2D eigenvalue weighted by molar-refractivity contribution is 9.10. The van der Waals surface area contributed by atoms with E-state index in [1.54, 1.807) is 12.3 Å². The monoisotopic (exact) mass is 277 g/mol. The molecule has 0 unspecified atom stereocenters. The molecule has 4 heteroatoms. The number of hydrogen-bond acceptors (Lipinski definition) is 2. The van der Waals surface area contributed by atoms with Gasteiger partial charge in [0.05, 0.1) is 5.56 Å². The summed E-state index contributed by atoms with van der Waals surface area (Å²) in [5.74, 6) is -0.967. The van der Waals surface area contributed by atoms with Crippen molar-refractivity contribution < 1.29 is 9.90 Å². The Morgan fingerprint density at radius 2 is 1.88 bits per heavy atom. The zero-order valence-electron chi connectivity index (χ0n) is 8.22. The van der Waals surface area contributed by atoms with Crippen LogP contribution >= 0.6 is 15.9 Å². The first-order valence-corrected chi connectivity index (χ1v) is 5.41. The fraction of sp³-hybridized carbons (Fsp3) is 0. The maximum atomic E-state index is 11.0. The predicted molar refractivity (Wildman–Crippen MR) is 64.3 cm³/mol. The highest BCUT2D eigenvalue weighted by Gasteiger charge is 2.10. The third-order valence-electron chi connectivity index (χ3n) is 2.21. The summed E-state index contributed by atoms with van der Waals surface area (Å²) in [5, 5.41) is 9.03. The number of aromatic carboxylic acids is 1. The van der Waals surface area contributed by atoms with Crippen LogP contribution in [0.15, 0.2) is 47.2 Å². The standard InChI is InChI=1S/C12H8BrNO2/c13-9-3-1-8(2-4-9)10-5-6-14-7-11(10)12(15)16/h1-7H,(H,15,16). The topological polar surface area (TPSA) is 50.2 Å². The van der Waals surface area contributed by atoms with E-state index in [1.165, 1.54) is 6.20 Å². The lowest BCUT2D eigenvalue weighted by atomic mass is 10.0. The molecule has 0 bridgehead atoms. The molecular formula is C12H8BrNO2. The Morgan fingerprint density at radius 3 is 2.50 bits per heavy atom. The molecular weight excluding hydrogens is 270 g/mol. The number of carboxylic acid groups (broad SMARTS) is 1. The lowest BCUT2D eigenvalue weighted by Gasteiger charge is -2.05. The van der Waals surface area contributed by atoms with Gasteiger partial charge in [0.1, 0.15) is 0 Å². The van der Waals surface area contributed by atoms with E-state index in [2.05, 4.69) is 20.9 Å². The summed E-state index contributed by atoms with van der Waals surface area (Å²) < 4.78 is 0.960. The molecule has 0 fully saturated rings. The average Bonchev–Trinajstić information content (AvgIpc) is 2.30. The van der Waals surface area contributed by atoms with Crippen molar-refractivity contribution in [1.82, 2.24) is 4.98 Å². The van der Waals surface area contributed by atoms with Crippen molar-refractivity contribution in [1.29, 1.82) is 0 Å². The fourth-order valence-electron chi connectivity index (χ4n) is 1.45. The van der Waals surface area contributed by atoms with Gasteiger partial charge in [0.2, 0.25) is 0 Å². The Bertz CT molecular complexity index is 523. The molecule has 1 heterocycles. The number of aromatic nitrogens is 1. The van der Waals surface area contributed by atoms with Crippen LogP contribution in [-0.2, 0) is 0 Å². The smallest absolute Gasteiger partial charge is 0.337 e. The molecule has 16 heavy (non-hydrogen) atoms. The number of carboxylic acids is 1. The number of pyridine rings is 1. The number of halogens is 1. The van der Waals surface area contributed by atoms with E-state index in [9.17, 15) is 4.79 Å². The molecule has 3 nitrogen and oxygen atoms in total. The first-order valence-electron chi connectivity index (χ1n) is 4.62. The summed E-state index contributed by atoms with van der Waals surface area (Å²) in [5.41, 5.74) is 1.75. The molecule has 0 aliphatic rings. The van der Waals surface area contributed by atoms with Crippen LogP contribution in [0.1, 0.15) is 10.4 Å². The summed E-state index contributed by atoms with van der Waals surface area (Å²) in [6, 6.07) is 9.19. The highest BCUT2D eigenvalue weighted by atomic mass is 79.9. The van der Waals surface area contributed by atoms with Crippen molar-refractivity contribution in [3.05, 3.63) is 52.8 Å². The van der Waals surface area contributed by atoms with Gasteiger partial charge in [-0.3, -0.25) is 4.98 Å². The average molecular weight is 278 g/mol. The van der Waals surface area contributed by atoms with Crippen molar-refractivity contribution in [2.45, 2.75) is 0 Å². The number of rotatable bonds is 2. The molecule has 0 saturated carbocycles. The number of carbonyl (C=O) groups is 1. The summed E-state index contributed by atoms with van der Waals surface area (Å²) in [6.45, 7) is 0. The van der Waals surface area contributed by atoms with Gasteiger partial charge >= 0.3 is 5.97 Å². The number of nitrogens with zero attached hydrogens (tertiary/aromatic N) is 1. The molecule has 0 aliphatic heterocycles. The van der Waals surface area contributed by atoms with E-state index in [0.717, 1.165) is 10.0 Å². The van der Waals surface area contributed by atoms with Crippen molar-refractivity contribution in [3.8, 4) is 11.1 Å². The molecule has 0 amide bonds. The number of hydrogen-bond donors (Lipinski definition) is 1. The Labute approximate surface area is 101 Å². The van der Waals surface area contributed by atoms with E-state index in [-0.39, 0.29) is 5.56 Å². The van der Waals surface area contributed by atoms with Gasteiger partial charge in [-0.15, -0.1) is 0 Å². The second kappa shape index (κ2) is 4.45. The highest BCUT2D eigenvalue weighted by Crippen LogP contribution is 2.24. The molecule has 1 aromatic heterocycles.